The summed E-state index contributed by atoms with van der Waals surface area (Å²) in [6, 6.07) is 17.3. The SMILES string of the molecule is CCCNC(=O)CN(C)CC(=O)N1c2ccccc2OCC1c1ccccc1. The van der Waals surface area contributed by atoms with Crippen molar-refractivity contribution in [2.24, 2.45) is 0 Å². The summed E-state index contributed by atoms with van der Waals surface area (Å²) in [5.74, 6) is 0.570. The Morgan fingerprint density at radius 2 is 1.82 bits per heavy atom. The van der Waals surface area contributed by atoms with Crippen molar-refractivity contribution < 1.29 is 14.3 Å². The van der Waals surface area contributed by atoms with E-state index in [0.717, 1.165) is 17.7 Å². The summed E-state index contributed by atoms with van der Waals surface area (Å²) in [5.41, 5.74) is 1.78. The Morgan fingerprint density at radius 1 is 1.11 bits per heavy atom. The van der Waals surface area contributed by atoms with Crippen molar-refractivity contribution in [1.29, 1.82) is 0 Å². The van der Waals surface area contributed by atoms with E-state index in [1.807, 2.05) is 61.5 Å². The lowest BCUT2D eigenvalue weighted by molar-refractivity contribution is -0.123. The Bertz CT molecular complexity index is 810. The van der Waals surface area contributed by atoms with Crippen molar-refractivity contribution in [3.63, 3.8) is 0 Å². The minimum atomic E-state index is -0.203. The van der Waals surface area contributed by atoms with Gasteiger partial charge in [0.2, 0.25) is 11.8 Å². The van der Waals surface area contributed by atoms with Crippen molar-refractivity contribution in [2.45, 2.75) is 19.4 Å². The molecule has 1 unspecified atom stereocenters. The molecule has 2 aromatic carbocycles. The third-order valence-corrected chi connectivity index (χ3v) is 4.68. The van der Waals surface area contributed by atoms with Gasteiger partial charge in [-0.05, 0) is 31.2 Å². The van der Waals surface area contributed by atoms with Crippen LogP contribution in [0.25, 0.3) is 0 Å². The fourth-order valence-electron chi connectivity index (χ4n) is 3.35. The van der Waals surface area contributed by atoms with Crippen molar-refractivity contribution in [2.75, 3.05) is 38.2 Å². The van der Waals surface area contributed by atoms with Crippen LogP contribution in [0, 0.1) is 0 Å². The molecule has 0 spiro atoms. The zero-order valence-corrected chi connectivity index (χ0v) is 16.4. The van der Waals surface area contributed by atoms with Crippen molar-refractivity contribution >= 4 is 17.5 Å². The van der Waals surface area contributed by atoms with Gasteiger partial charge in [0.25, 0.3) is 0 Å². The van der Waals surface area contributed by atoms with Crippen LogP contribution in [-0.2, 0) is 9.59 Å². The Labute approximate surface area is 166 Å². The number of carbonyl (C=O) groups is 2. The van der Waals surface area contributed by atoms with Crippen LogP contribution in [0.3, 0.4) is 0 Å². The first-order chi connectivity index (χ1) is 13.6. The minimum absolute atomic E-state index is 0.0598. The fraction of sp³-hybridized carbons (Fsp3) is 0.364. The average Bonchev–Trinajstić information content (AvgIpc) is 2.71. The van der Waals surface area contributed by atoms with Crippen LogP contribution in [0.2, 0.25) is 0 Å². The summed E-state index contributed by atoms with van der Waals surface area (Å²) in [5, 5.41) is 2.84. The molecule has 1 N–H and O–H groups in total. The number of hydrogen-bond acceptors (Lipinski definition) is 4. The predicted molar refractivity (Wildman–Crippen MR) is 109 cm³/mol. The predicted octanol–water partition coefficient (Wildman–Crippen LogP) is 2.61. The summed E-state index contributed by atoms with van der Waals surface area (Å²) in [6.45, 7) is 3.39. The number of para-hydroxylation sites is 2. The topological polar surface area (TPSA) is 61.9 Å². The van der Waals surface area contributed by atoms with Crippen molar-refractivity contribution in [3.8, 4) is 5.75 Å². The molecule has 1 atom stereocenters. The molecule has 0 aromatic heterocycles. The number of nitrogens with one attached hydrogen (secondary N) is 1. The number of rotatable bonds is 7. The molecule has 0 saturated carbocycles. The first kappa shape index (κ1) is 19.9. The molecule has 1 aliphatic rings. The Morgan fingerprint density at radius 3 is 2.57 bits per heavy atom. The monoisotopic (exact) mass is 381 g/mol. The molecule has 28 heavy (non-hydrogen) atoms. The van der Waals surface area contributed by atoms with E-state index in [0.29, 0.717) is 18.9 Å². The number of anilines is 1. The molecular formula is C22H27N3O3. The van der Waals surface area contributed by atoms with E-state index in [2.05, 4.69) is 5.32 Å². The van der Waals surface area contributed by atoms with Gasteiger partial charge in [-0.1, -0.05) is 49.4 Å². The second-order valence-electron chi connectivity index (χ2n) is 6.99. The number of fused-ring (bicyclic) bond motifs is 1. The third-order valence-electron chi connectivity index (χ3n) is 4.68. The second kappa shape index (κ2) is 9.37. The number of hydrogen-bond donors (Lipinski definition) is 1. The van der Waals surface area contributed by atoms with Crippen LogP contribution in [0.5, 0.6) is 5.75 Å². The summed E-state index contributed by atoms with van der Waals surface area (Å²) in [4.78, 5) is 28.7. The van der Waals surface area contributed by atoms with Gasteiger partial charge in [-0.3, -0.25) is 19.4 Å². The van der Waals surface area contributed by atoms with Gasteiger partial charge >= 0.3 is 0 Å². The number of amides is 2. The number of benzene rings is 2. The van der Waals surface area contributed by atoms with E-state index < -0.39 is 0 Å². The smallest absolute Gasteiger partial charge is 0.241 e. The zero-order valence-electron chi connectivity index (χ0n) is 16.4. The van der Waals surface area contributed by atoms with Gasteiger partial charge in [-0.15, -0.1) is 0 Å². The maximum Gasteiger partial charge on any atom is 0.241 e. The first-order valence-corrected chi connectivity index (χ1v) is 9.64. The Kier molecular flexibility index (Phi) is 6.66. The van der Waals surface area contributed by atoms with Crippen LogP contribution >= 0.6 is 0 Å². The molecule has 0 radical (unpaired) electrons. The highest BCUT2D eigenvalue weighted by molar-refractivity contribution is 5.97. The second-order valence-corrected chi connectivity index (χ2v) is 6.99. The summed E-state index contributed by atoms with van der Waals surface area (Å²) in [7, 11) is 1.79. The highest BCUT2D eigenvalue weighted by Crippen LogP contribution is 2.39. The van der Waals surface area contributed by atoms with E-state index in [9.17, 15) is 9.59 Å². The van der Waals surface area contributed by atoms with Gasteiger partial charge in [0.05, 0.1) is 24.8 Å². The number of nitrogens with zero attached hydrogens (tertiary/aromatic N) is 2. The molecule has 148 valence electrons. The molecule has 2 amide bonds. The van der Waals surface area contributed by atoms with Crippen LogP contribution in [0.1, 0.15) is 24.9 Å². The molecule has 2 aromatic rings. The zero-order chi connectivity index (χ0) is 19.9. The Hall–Kier alpha value is -2.86. The largest absolute Gasteiger partial charge is 0.489 e. The average molecular weight is 381 g/mol. The standard InChI is InChI=1S/C22H27N3O3/c1-3-13-23-21(26)14-24(2)15-22(27)25-18-11-7-8-12-20(18)28-16-19(25)17-9-5-4-6-10-17/h4-12,19H,3,13-16H2,1-2H3,(H,23,26). The molecule has 0 aliphatic carbocycles. The van der Waals surface area contributed by atoms with Crippen LogP contribution in [-0.4, -0.2) is 50.0 Å². The molecule has 0 fully saturated rings. The lowest BCUT2D eigenvalue weighted by Crippen LogP contribution is -2.47. The van der Waals surface area contributed by atoms with E-state index in [1.54, 1.807) is 16.8 Å². The summed E-state index contributed by atoms with van der Waals surface area (Å²) < 4.78 is 5.91. The highest BCUT2D eigenvalue weighted by Gasteiger charge is 2.33. The Balaban J connectivity index is 1.78. The van der Waals surface area contributed by atoms with Crippen molar-refractivity contribution in [3.05, 3.63) is 60.2 Å². The lowest BCUT2D eigenvalue weighted by atomic mass is 10.0. The number of ether oxygens (including phenoxy) is 1. The highest BCUT2D eigenvalue weighted by atomic mass is 16.5. The molecule has 0 saturated heterocycles. The maximum atomic E-state index is 13.2. The van der Waals surface area contributed by atoms with Gasteiger partial charge in [-0.2, -0.15) is 0 Å². The van der Waals surface area contributed by atoms with E-state index in [1.165, 1.54) is 0 Å². The molecule has 6 heteroatoms. The number of likely N-dealkylation sites (N-methyl/N-ethyl adjacent to an activating group) is 1. The van der Waals surface area contributed by atoms with Gasteiger partial charge < -0.3 is 10.1 Å². The van der Waals surface area contributed by atoms with Crippen LogP contribution in [0.4, 0.5) is 5.69 Å². The van der Waals surface area contributed by atoms with Crippen LogP contribution in [0.15, 0.2) is 54.6 Å². The summed E-state index contributed by atoms with van der Waals surface area (Å²) in [6.07, 6.45) is 0.887. The van der Waals surface area contributed by atoms with Gasteiger partial charge in [0.1, 0.15) is 12.4 Å². The normalized spacial score (nSPS) is 15.7. The van der Waals surface area contributed by atoms with Gasteiger partial charge in [0.15, 0.2) is 0 Å². The molecular weight excluding hydrogens is 354 g/mol. The van der Waals surface area contributed by atoms with Gasteiger partial charge in [-0.25, -0.2) is 0 Å². The maximum absolute atomic E-state index is 13.2. The quantitative estimate of drug-likeness (QED) is 0.801. The molecule has 1 aliphatic heterocycles. The molecule has 1 heterocycles. The molecule has 6 nitrogen and oxygen atoms in total. The molecule has 3 rings (SSSR count). The number of carbonyl (C=O) groups excluding carboxylic acids is 2. The summed E-state index contributed by atoms with van der Waals surface area (Å²) >= 11 is 0. The fourth-order valence-corrected chi connectivity index (χ4v) is 3.35. The van der Waals surface area contributed by atoms with Crippen LogP contribution < -0.4 is 15.0 Å². The first-order valence-electron chi connectivity index (χ1n) is 9.64. The van der Waals surface area contributed by atoms with Gasteiger partial charge in [0, 0.05) is 6.54 Å². The van der Waals surface area contributed by atoms with Crippen molar-refractivity contribution in [1.82, 2.24) is 10.2 Å². The third kappa shape index (κ3) is 4.70. The van der Waals surface area contributed by atoms with E-state index in [4.69, 9.17) is 4.74 Å². The van der Waals surface area contributed by atoms with E-state index >= 15 is 0 Å². The lowest BCUT2D eigenvalue weighted by Gasteiger charge is -2.38. The minimum Gasteiger partial charge on any atom is -0.489 e. The van der Waals surface area contributed by atoms with E-state index in [-0.39, 0.29) is 30.9 Å². The molecule has 0 bridgehead atoms.